The quantitative estimate of drug-likeness (QED) is 0.766. The van der Waals surface area contributed by atoms with Gasteiger partial charge in [0.2, 0.25) is 0 Å². The number of hydrogen-bond acceptors (Lipinski definition) is 4. The molecule has 1 aliphatic heterocycles. The number of aromatic nitrogens is 3. The summed E-state index contributed by atoms with van der Waals surface area (Å²) < 4.78 is 1.00. The number of H-pyrrole nitrogens is 1. The molecule has 1 atom stereocenters. The number of nitrogens with zero attached hydrogens (tertiary/aromatic N) is 3. The molecule has 1 amide bonds. The van der Waals surface area contributed by atoms with Crippen molar-refractivity contribution >= 4 is 11.6 Å². The molecule has 1 aromatic carbocycles. The fourth-order valence-electron chi connectivity index (χ4n) is 3.47. The van der Waals surface area contributed by atoms with Crippen molar-refractivity contribution < 1.29 is 4.79 Å². The zero-order valence-corrected chi connectivity index (χ0v) is 14.8. The van der Waals surface area contributed by atoms with Crippen LogP contribution in [-0.2, 0) is 13.0 Å². The normalized spacial score (nSPS) is 15.6. The Morgan fingerprint density at radius 3 is 2.74 bits per heavy atom. The minimum absolute atomic E-state index is 0.00225. The molecule has 27 heavy (non-hydrogen) atoms. The van der Waals surface area contributed by atoms with Crippen LogP contribution in [0.2, 0.25) is 0 Å². The van der Waals surface area contributed by atoms with E-state index in [9.17, 15) is 14.4 Å². The lowest BCUT2D eigenvalue weighted by atomic mass is 10.1. The molecule has 0 spiro atoms. The number of anilines is 1. The third-order valence-corrected chi connectivity index (χ3v) is 4.76. The Morgan fingerprint density at radius 2 is 1.96 bits per heavy atom. The van der Waals surface area contributed by atoms with Crippen LogP contribution in [0.5, 0.6) is 0 Å². The first-order chi connectivity index (χ1) is 13.1. The second-order valence-electron chi connectivity index (χ2n) is 6.58. The van der Waals surface area contributed by atoms with Gasteiger partial charge < -0.3 is 9.88 Å². The van der Waals surface area contributed by atoms with E-state index in [4.69, 9.17) is 0 Å². The van der Waals surface area contributed by atoms with Gasteiger partial charge in [0.1, 0.15) is 5.56 Å². The van der Waals surface area contributed by atoms with Gasteiger partial charge in [-0.1, -0.05) is 24.3 Å². The number of hydrogen-bond donors (Lipinski definition) is 1. The van der Waals surface area contributed by atoms with E-state index in [1.54, 1.807) is 29.3 Å². The van der Waals surface area contributed by atoms with Crippen LogP contribution in [0.1, 0.15) is 28.5 Å². The number of fused-ring (bicyclic) bond motifs is 1. The van der Waals surface area contributed by atoms with Crippen LogP contribution < -0.4 is 16.1 Å². The highest BCUT2D eigenvalue weighted by Gasteiger charge is 2.32. The Morgan fingerprint density at radius 1 is 1.19 bits per heavy atom. The summed E-state index contributed by atoms with van der Waals surface area (Å²) in [5, 5.41) is 0. The Balaban J connectivity index is 1.75. The molecule has 7 nitrogen and oxygen atoms in total. The summed E-state index contributed by atoms with van der Waals surface area (Å²) in [5.74, 6) is -0.413. The van der Waals surface area contributed by atoms with Gasteiger partial charge in [0, 0.05) is 24.1 Å². The van der Waals surface area contributed by atoms with Gasteiger partial charge in [0.15, 0.2) is 0 Å². The monoisotopic (exact) mass is 362 g/mol. The highest BCUT2D eigenvalue weighted by atomic mass is 16.2. The molecule has 2 aromatic heterocycles. The van der Waals surface area contributed by atoms with E-state index >= 15 is 0 Å². The first kappa shape index (κ1) is 17.0. The second kappa shape index (κ2) is 6.68. The van der Waals surface area contributed by atoms with E-state index < -0.39 is 17.2 Å². The fraction of sp³-hybridized carbons (Fsp3) is 0.200. The zero-order valence-electron chi connectivity index (χ0n) is 14.8. The summed E-state index contributed by atoms with van der Waals surface area (Å²) in [6.45, 7) is 1.94. The Bertz CT molecular complexity index is 1120. The lowest BCUT2D eigenvalue weighted by Crippen LogP contribution is -2.44. The van der Waals surface area contributed by atoms with E-state index in [-0.39, 0.29) is 18.2 Å². The number of aromatic amines is 1. The van der Waals surface area contributed by atoms with E-state index in [0.29, 0.717) is 5.69 Å². The summed E-state index contributed by atoms with van der Waals surface area (Å²) in [6, 6.07) is 12.8. The van der Waals surface area contributed by atoms with Crippen LogP contribution in [0, 0.1) is 0 Å². The molecule has 1 unspecified atom stereocenters. The molecule has 3 aromatic rings. The predicted octanol–water partition coefficient (Wildman–Crippen LogP) is 1.57. The van der Waals surface area contributed by atoms with Crippen molar-refractivity contribution in [3.63, 3.8) is 0 Å². The number of pyridine rings is 1. The number of rotatable bonds is 3. The molecule has 7 heteroatoms. The molecule has 4 rings (SSSR count). The number of amides is 1. The molecule has 0 fully saturated rings. The van der Waals surface area contributed by atoms with Crippen molar-refractivity contribution in [1.82, 2.24) is 14.5 Å². The van der Waals surface area contributed by atoms with E-state index in [0.717, 1.165) is 22.2 Å². The number of benzene rings is 1. The minimum Gasteiger partial charge on any atom is -0.313 e. The Hall–Kier alpha value is -3.48. The fourth-order valence-corrected chi connectivity index (χ4v) is 3.47. The van der Waals surface area contributed by atoms with Crippen molar-refractivity contribution in [3.05, 3.63) is 92.5 Å². The topological polar surface area (TPSA) is 88.1 Å². The van der Waals surface area contributed by atoms with Crippen molar-refractivity contribution in [3.8, 4) is 0 Å². The number of carbonyl (C=O) groups is 1. The average Bonchev–Trinajstić information content (AvgIpc) is 3.01. The SMILES string of the molecule is CC1Cc2ccccc2N1C(=O)c1c[nH]c(=O)n(Cc2ccccn2)c1=O. The molecule has 1 N–H and O–H groups in total. The van der Waals surface area contributed by atoms with Gasteiger partial charge in [-0.25, -0.2) is 4.79 Å². The first-order valence-electron chi connectivity index (χ1n) is 8.70. The van der Waals surface area contributed by atoms with Gasteiger partial charge in [-0.3, -0.25) is 19.1 Å². The first-order valence-corrected chi connectivity index (χ1v) is 8.70. The molecule has 0 saturated carbocycles. The standard InChI is InChI=1S/C20H18N4O3/c1-13-10-14-6-2-3-8-17(14)24(13)19(26)16-11-22-20(27)23(18(16)25)12-15-7-4-5-9-21-15/h2-9,11,13H,10,12H2,1H3,(H,22,27). The maximum atomic E-state index is 13.1. The molecular weight excluding hydrogens is 344 g/mol. The van der Waals surface area contributed by atoms with Crippen molar-refractivity contribution in [2.45, 2.75) is 25.9 Å². The van der Waals surface area contributed by atoms with E-state index in [1.165, 1.54) is 6.20 Å². The Kier molecular flexibility index (Phi) is 4.19. The largest absolute Gasteiger partial charge is 0.328 e. The van der Waals surface area contributed by atoms with Crippen molar-refractivity contribution in [1.29, 1.82) is 0 Å². The van der Waals surface area contributed by atoms with Gasteiger partial charge in [-0.15, -0.1) is 0 Å². The van der Waals surface area contributed by atoms with Crippen LogP contribution in [0.15, 0.2) is 64.4 Å². The summed E-state index contributed by atoms with van der Waals surface area (Å²) in [4.78, 5) is 46.4. The maximum Gasteiger partial charge on any atom is 0.328 e. The minimum atomic E-state index is -0.619. The van der Waals surface area contributed by atoms with Crippen LogP contribution in [0.25, 0.3) is 0 Å². The highest BCUT2D eigenvalue weighted by molar-refractivity contribution is 6.07. The number of carbonyl (C=O) groups excluding carboxylic acids is 1. The summed E-state index contributed by atoms with van der Waals surface area (Å²) in [6.07, 6.45) is 3.52. The van der Waals surface area contributed by atoms with E-state index in [1.807, 2.05) is 31.2 Å². The van der Waals surface area contributed by atoms with Gasteiger partial charge in [0.05, 0.1) is 12.2 Å². The average molecular weight is 362 g/mol. The summed E-state index contributed by atoms with van der Waals surface area (Å²) in [7, 11) is 0. The third kappa shape index (κ3) is 2.97. The Labute approximate surface area is 154 Å². The van der Waals surface area contributed by atoms with Crippen molar-refractivity contribution in [2.75, 3.05) is 4.90 Å². The smallest absolute Gasteiger partial charge is 0.313 e. The molecule has 136 valence electrons. The third-order valence-electron chi connectivity index (χ3n) is 4.76. The van der Waals surface area contributed by atoms with Crippen LogP contribution in [-0.4, -0.2) is 26.5 Å². The maximum absolute atomic E-state index is 13.1. The number of nitrogens with one attached hydrogen (secondary N) is 1. The zero-order chi connectivity index (χ0) is 19.0. The molecule has 0 bridgehead atoms. The molecule has 0 aliphatic carbocycles. The van der Waals surface area contributed by atoms with Crippen LogP contribution in [0.4, 0.5) is 5.69 Å². The second-order valence-corrected chi connectivity index (χ2v) is 6.58. The molecular formula is C20H18N4O3. The molecule has 0 saturated heterocycles. The summed E-state index contributed by atoms with van der Waals surface area (Å²) >= 11 is 0. The molecule has 0 radical (unpaired) electrons. The predicted molar refractivity (Wildman–Crippen MR) is 101 cm³/mol. The van der Waals surface area contributed by atoms with Crippen LogP contribution >= 0.6 is 0 Å². The lowest BCUT2D eigenvalue weighted by molar-refractivity contribution is 0.0979. The van der Waals surface area contributed by atoms with Gasteiger partial charge in [0.25, 0.3) is 11.5 Å². The van der Waals surface area contributed by atoms with Crippen molar-refractivity contribution in [2.24, 2.45) is 0 Å². The van der Waals surface area contributed by atoms with E-state index in [2.05, 4.69) is 9.97 Å². The summed E-state index contributed by atoms with van der Waals surface area (Å²) in [5.41, 5.74) is 1.18. The highest BCUT2D eigenvalue weighted by Crippen LogP contribution is 2.32. The lowest BCUT2D eigenvalue weighted by Gasteiger charge is -2.22. The molecule has 1 aliphatic rings. The molecule has 3 heterocycles. The number of para-hydroxylation sites is 1. The van der Waals surface area contributed by atoms with Gasteiger partial charge >= 0.3 is 5.69 Å². The van der Waals surface area contributed by atoms with Gasteiger partial charge in [-0.2, -0.15) is 0 Å². The van der Waals surface area contributed by atoms with Gasteiger partial charge in [-0.05, 0) is 37.1 Å². The van der Waals surface area contributed by atoms with Crippen LogP contribution in [0.3, 0.4) is 0 Å².